The number of H-pyrrole nitrogens is 1. The Labute approximate surface area is 83.4 Å². The number of rotatable bonds is 3. The van der Waals surface area contributed by atoms with Crippen LogP contribution in [0.15, 0.2) is 6.07 Å². The summed E-state index contributed by atoms with van der Waals surface area (Å²) >= 11 is 0. The second-order valence-electron chi connectivity index (χ2n) is 2.79. The second-order valence-corrected chi connectivity index (χ2v) is 2.79. The normalized spacial score (nSPS) is 11.5. The van der Waals surface area contributed by atoms with Gasteiger partial charge < -0.3 is 4.74 Å². The van der Waals surface area contributed by atoms with Crippen LogP contribution in [-0.2, 0) is 11.2 Å². The number of alkyl halides is 3. The third kappa shape index (κ3) is 3.61. The summed E-state index contributed by atoms with van der Waals surface area (Å²) in [4.78, 5) is 11.0. The van der Waals surface area contributed by atoms with Crippen LogP contribution >= 0.6 is 0 Å². The maximum atomic E-state index is 11.9. The molecule has 1 aromatic rings. The van der Waals surface area contributed by atoms with Crippen molar-refractivity contribution < 1.29 is 22.7 Å². The number of esters is 1. The first-order valence-corrected chi connectivity index (χ1v) is 4.20. The summed E-state index contributed by atoms with van der Waals surface area (Å²) in [6.07, 6.45) is -5.46. The number of nitrogens with one attached hydrogen (secondary N) is 1. The van der Waals surface area contributed by atoms with E-state index in [1.165, 1.54) is 0 Å². The van der Waals surface area contributed by atoms with Gasteiger partial charge in [0, 0.05) is 5.69 Å². The van der Waals surface area contributed by atoms with Crippen LogP contribution in [0.2, 0.25) is 0 Å². The van der Waals surface area contributed by atoms with Gasteiger partial charge in [0.15, 0.2) is 5.69 Å². The molecule has 0 amide bonds. The Morgan fingerprint density at radius 3 is 2.80 bits per heavy atom. The molecule has 15 heavy (non-hydrogen) atoms. The predicted octanol–water partition coefficient (Wildman–Crippen LogP) is 1.69. The summed E-state index contributed by atoms with van der Waals surface area (Å²) in [5.74, 6) is -0.734. The van der Waals surface area contributed by atoms with Gasteiger partial charge in [-0.1, -0.05) is 0 Å². The molecule has 0 spiro atoms. The van der Waals surface area contributed by atoms with Gasteiger partial charge in [-0.3, -0.25) is 5.10 Å². The molecule has 0 unspecified atom stereocenters. The molecule has 0 saturated carbocycles. The maximum Gasteiger partial charge on any atom is 0.394 e. The molecular formula is C8H9F3N2O2. The van der Waals surface area contributed by atoms with Crippen molar-refractivity contribution in [1.82, 2.24) is 10.2 Å². The molecule has 0 saturated heterocycles. The Morgan fingerprint density at radius 1 is 1.60 bits per heavy atom. The maximum absolute atomic E-state index is 11.9. The fourth-order valence-corrected chi connectivity index (χ4v) is 0.978. The van der Waals surface area contributed by atoms with E-state index in [0.717, 1.165) is 6.07 Å². The van der Waals surface area contributed by atoms with E-state index in [4.69, 9.17) is 0 Å². The molecular weight excluding hydrogens is 213 g/mol. The van der Waals surface area contributed by atoms with E-state index in [-0.39, 0.29) is 18.0 Å². The lowest BCUT2D eigenvalue weighted by Gasteiger charge is -2.01. The van der Waals surface area contributed by atoms with Gasteiger partial charge in [-0.25, -0.2) is 4.79 Å². The zero-order chi connectivity index (χ0) is 11.5. The second kappa shape index (κ2) is 4.33. The lowest BCUT2D eigenvalue weighted by atomic mass is 10.3. The Hall–Kier alpha value is -1.53. The SMILES string of the molecule is CCOC(=O)c1cc(CC(F)(F)F)[nH]n1. The molecule has 1 N–H and O–H groups in total. The van der Waals surface area contributed by atoms with Crippen molar-refractivity contribution in [3.05, 3.63) is 17.5 Å². The average molecular weight is 222 g/mol. The van der Waals surface area contributed by atoms with E-state index in [2.05, 4.69) is 14.9 Å². The standard InChI is InChI=1S/C8H9F3N2O2/c1-2-15-7(14)6-3-5(12-13-6)4-8(9,10)11/h3H,2,4H2,1H3,(H,12,13). The molecule has 0 aliphatic heterocycles. The van der Waals surface area contributed by atoms with Gasteiger partial charge in [-0.15, -0.1) is 0 Å². The Bertz CT molecular complexity index is 346. The lowest BCUT2D eigenvalue weighted by Crippen LogP contribution is -2.11. The van der Waals surface area contributed by atoms with E-state index in [0.29, 0.717) is 0 Å². The van der Waals surface area contributed by atoms with Gasteiger partial charge in [-0.2, -0.15) is 18.3 Å². The van der Waals surface area contributed by atoms with Gasteiger partial charge in [0.1, 0.15) is 0 Å². The topological polar surface area (TPSA) is 55.0 Å². The molecule has 0 aliphatic carbocycles. The highest BCUT2D eigenvalue weighted by atomic mass is 19.4. The van der Waals surface area contributed by atoms with Crippen LogP contribution in [0.3, 0.4) is 0 Å². The summed E-state index contributed by atoms with van der Waals surface area (Å²) in [6, 6.07) is 1.03. The number of nitrogens with zero attached hydrogens (tertiary/aromatic N) is 1. The molecule has 7 heteroatoms. The summed E-state index contributed by atoms with van der Waals surface area (Å²) in [7, 11) is 0. The van der Waals surface area contributed by atoms with E-state index in [9.17, 15) is 18.0 Å². The molecule has 1 rings (SSSR count). The molecule has 4 nitrogen and oxygen atoms in total. The van der Waals surface area contributed by atoms with Gasteiger partial charge in [-0.05, 0) is 13.0 Å². The van der Waals surface area contributed by atoms with Crippen LogP contribution in [0.25, 0.3) is 0 Å². The Balaban J connectivity index is 2.68. The molecule has 0 fully saturated rings. The smallest absolute Gasteiger partial charge is 0.394 e. The minimum atomic E-state index is -4.32. The fraction of sp³-hybridized carbons (Fsp3) is 0.500. The zero-order valence-corrected chi connectivity index (χ0v) is 7.89. The number of hydrogen-bond donors (Lipinski definition) is 1. The predicted molar refractivity (Wildman–Crippen MR) is 44.3 cm³/mol. The summed E-state index contributed by atoms with van der Waals surface area (Å²) < 4.78 is 40.4. The average Bonchev–Trinajstić information content (AvgIpc) is 2.50. The Morgan fingerprint density at radius 2 is 2.27 bits per heavy atom. The van der Waals surface area contributed by atoms with Crippen LogP contribution in [-0.4, -0.2) is 28.9 Å². The van der Waals surface area contributed by atoms with Gasteiger partial charge in [0.2, 0.25) is 0 Å². The van der Waals surface area contributed by atoms with Gasteiger partial charge in [0.05, 0.1) is 13.0 Å². The number of carbonyl (C=O) groups excluding carboxylic acids is 1. The summed E-state index contributed by atoms with van der Waals surface area (Å²) in [5, 5.41) is 5.55. The van der Waals surface area contributed by atoms with Crippen molar-refractivity contribution in [3.8, 4) is 0 Å². The van der Waals surface area contributed by atoms with Crippen LogP contribution in [0.4, 0.5) is 13.2 Å². The first-order valence-electron chi connectivity index (χ1n) is 4.20. The summed E-state index contributed by atoms with van der Waals surface area (Å²) in [5.41, 5.74) is -0.304. The van der Waals surface area contributed by atoms with Crippen molar-refractivity contribution >= 4 is 5.97 Å². The van der Waals surface area contributed by atoms with Crippen LogP contribution in [0, 0.1) is 0 Å². The number of hydrogen-bond acceptors (Lipinski definition) is 3. The van der Waals surface area contributed by atoms with Crippen LogP contribution < -0.4 is 0 Å². The van der Waals surface area contributed by atoms with Crippen molar-refractivity contribution in [2.24, 2.45) is 0 Å². The molecule has 1 aromatic heterocycles. The van der Waals surface area contributed by atoms with Crippen LogP contribution in [0.5, 0.6) is 0 Å². The van der Waals surface area contributed by atoms with Crippen LogP contribution in [0.1, 0.15) is 23.1 Å². The minimum Gasteiger partial charge on any atom is -0.461 e. The fourth-order valence-electron chi connectivity index (χ4n) is 0.978. The third-order valence-electron chi connectivity index (χ3n) is 1.51. The number of carbonyl (C=O) groups is 1. The number of ether oxygens (including phenoxy) is 1. The zero-order valence-electron chi connectivity index (χ0n) is 7.89. The van der Waals surface area contributed by atoms with Crippen molar-refractivity contribution in [2.45, 2.75) is 19.5 Å². The molecule has 0 aromatic carbocycles. The third-order valence-corrected chi connectivity index (χ3v) is 1.51. The Kier molecular flexibility index (Phi) is 3.33. The molecule has 0 aliphatic rings. The van der Waals surface area contributed by atoms with Crippen molar-refractivity contribution in [3.63, 3.8) is 0 Å². The van der Waals surface area contributed by atoms with Crippen molar-refractivity contribution in [1.29, 1.82) is 0 Å². The molecule has 0 atom stereocenters. The van der Waals surface area contributed by atoms with E-state index < -0.39 is 18.6 Å². The molecule has 0 radical (unpaired) electrons. The minimum absolute atomic E-state index is 0.143. The highest BCUT2D eigenvalue weighted by Crippen LogP contribution is 2.20. The monoisotopic (exact) mass is 222 g/mol. The number of halogens is 3. The molecule has 84 valence electrons. The van der Waals surface area contributed by atoms with E-state index in [1.54, 1.807) is 6.92 Å². The quantitative estimate of drug-likeness (QED) is 0.792. The highest BCUT2D eigenvalue weighted by molar-refractivity contribution is 5.87. The number of aromatic amines is 1. The number of aromatic nitrogens is 2. The lowest BCUT2D eigenvalue weighted by molar-refractivity contribution is -0.127. The largest absolute Gasteiger partial charge is 0.461 e. The first-order chi connectivity index (χ1) is 6.92. The first kappa shape index (κ1) is 11.5. The van der Waals surface area contributed by atoms with Crippen molar-refractivity contribution in [2.75, 3.05) is 6.61 Å². The van der Waals surface area contributed by atoms with Gasteiger partial charge in [0.25, 0.3) is 0 Å². The molecule has 0 bridgehead atoms. The molecule has 1 heterocycles. The van der Waals surface area contributed by atoms with Gasteiger partial charge >= 0.3 is 12.1 Å². The van der Waals surface area contributed by atoms with E-state index in [1.807, 2.05) is 0 Å². The highest BCUT2D eigenvalue weighted by Gasteiger charge is 2.29. The van der Waals surface area contributed by atoms with E-state index >= 15 is 0 Å². The summed E-state index contributed by atoms with van der Waals surface area (Å²) in [6.45, 7) is 1.75.